The van der Waals surface area contributed by atoms with Crippen LogP contribution < -0.4 is 119 Å². The number of methoxy groups -OCH3 is 1. The lowest BCUT2D eigenvalue weighted by atomic mass is 9.81. The number of rotatable bonds is 70. The molecule has 4 aromatic rings. The minimum atomic E-state index is -1.42. The SMILES string of the molecule is COc1ccc2nc3cc(Cl)ccc3c(NCCCCCCCCCCCC(=O)NCCNC(=O)C3CCC(CN4C(=O)CC(SC[C@H](N)C(=O)NCC(=O)N[C@@H](Cc5ccc(O)cc5)C(=O)NCC(=O)N5CCC[C@H]5C(=O)N[C@@H](CCCCN)C(=O)N[C@@H](CCCCN)C(=O)N[C@@H](CCCCN)C(=O)N[C@@H](CCCNC(=N)N)C(=O)N[C@@H](CCCCN)C(=O)N[C@H](C(=O)NCC(=O)NCC(=O)O)C(C)C)C4=O)CC3)c2c1. The monoisotopic (exact) mass is 2090 g/mol. The number of aromatic nitrogens is 1. The maximum atomic E-state index is 14.7. The zero-order valence-electron chi connectivity index (χ0n) is 84.8. The zero-order chi connectivity index (χ0) is 107. The first-order valence-electron chi connectivity index (χ1n) is 51.5. The molecule has 2 saturated heterocycles. The van der Waals surface area contributed by atoms with Crippen LogP contribution >= 0.6 is 23.4 Å². The molecule has 0 bridgehead atoms. The van der Waals surface area contributed by atoms with Crippen LogP contribution in [-0.4, -0.2) is 296 Å². The van der Waals surface area contributed by atoms with Crippen molar-refractivity contribution in [3.8, 4) is 11.5 Å². The number of nitrogens with two attached hydrogens (primary N) is 6. The Balaban J connectivity index is 0.837. The molecule has 3 heterocycles. The fourth-order valence-corrected chi connectivity index (χ4v) is 19.0. The number of hydrogen-bond donors (Lipinski definition) is 24. The second kappa shape index (κ2) is 66.1. The van der Waals surface area contributed by atoms with Gasteiger partial charge in [-0.05, 0) is 233 Å². The highest BCUT2D eigenvalue weighted by Crippen LogP contribution is 2.36. The zero-order valence-corrected chi connectivity index (χ0v) is 86.4. The van der Waals surface area contributed by atoms with Crippen molar-refractivity contribution in [2.75, 3.05) is 110 Å². The summed E-state index contributed by atoms with van der Waals surface area (Å²) in [6.07, 6.45) is 15.2. The first-order chi connectivity index (χ1) is 70.5. The number of nitrogens with zero attached hydrogens (tertiary/aromatic N) is 3. The van der Waals surface area contributed by atoms with Gasteiger partial charge in [0.15, 0.2) is 5.96 Å². The third-order valence-corrected chi connectivity index (χ3v) is 27.6. The van der Waals surface area contributed by atoms with Crippen LogP contribution in [0.15, 0.2) is 60.7 Å². The van der Waals surface area contributed by atoms with E-state index in [0.717, 1.165) is 109 Å². The van der Waals surface area contributed by atoms with E-state index in [1.165, 1.54) is 34.1 Å². The van der Waals surface area contributed by atoms with Crippen molar-refractivity contribution in [1.82, 2.24) is 89.2 Å². The summed E-state index contributed by atoms with van der Waals surface area (Å²) >= 11 is 7.34. The van der Waals surface area contributed by atoms with E-state index in [4.69, 9.17) is 66.2 Å². The largest absolute Gasteiger partial charge is 0.508 e. The number of benzene rings is 3. The predicted octanol–water partition coefficient (Wildman–Crippen LogP) is 0.907. The minimum Gasteiger partial charge on any atom is -0.508 e. The lowest BCUT2D eigenvalue weighted by Gasteiger charge is -2.30. The van der Waals surface area contributed by atoms with E-state index in [2.05, 4.69) is 79.8 Å². The second-order valence-corrected chi connectivity index (χ2v) is 39.6. The molecule has 0 spiro atoms. The number of fused-ring (bicyclic) bond motifs is 2. The molecule has 10 atom stereocenters. The van der Waals surface area contributed by atoms with Gasteiger partial charge in [-0.2, -0.15) is 0 Å². The molecule has 1 saturated carbocycles. The van der Waals surface area contributed by atoms with Crippen LogP contribution in [0.25, 0.3) is 21.8 Å². The molecule has 7 rings (SSSR count). The number of phenolic OH excluding ortho intramolecular Hbond substituents is 1. The molecule has 47 heteroatoms. The number of carboxylic acids is 1. The topological polar surface area (TPSA) is 720 Å². The summed E-state index contributed by atoms with van der Waals surface area (Å²) < 4.78 is 5.50. The summed E-state index contributed by atoms with van der Waals surface area (Å²) in [5, 5.41) is 69.1. The van der Waals surface area contributed by atoms with Crippen LogP contribution in [0.5, 0.6) is 11.5 Å². The van der Waals surface area contributed by atoms with Crippen molar-refractivity contribution < 1.29 is 96.5 Å². The molecule has 1 unspecified atom stereocenters. The lowest BCUT2D eigenvalue weighted by Crippen LogP contribution is -2.60. The number of carboxylic acid groups (broad SMARTS) is 1. The Kier molecular flexibility index (Phi) is 54.6. The quantitative estimate of drug-likeness (QED) is 0.00960. The Morgan fingerprint density at radius 2 is 1.05 bits per heavy atom. The highest BCUT2D eigenvalue weighted by atomic mass is 35.5. The van der Waals surface area contributed by atoms with E-state index in [1.807, 2.05) is 36.4 Å². The number of ether oxygens (including phenoxy) is 1. The van der Waals surface area contributed by atoms with Gasteiger partial charge in [0.25, 0.3) is 0 Å². The van der Waals surface area contributed by atoms with Gasteiger partial charge in [0.2, 0.25) is 94.5 Å². The molecule has 2 aliphatic heterocycles. The molecule has 1 aliphatic carbocycles. The number of pyridine rings is 1. The molecule has 3 aromatic carbocycles. The van der Waals surface area contributed by atoms with Gasteiger partial charge in [-0.15, -0.1) is 11.8 Å². The van der Waals surface area contributed by atoms with E-state index in [9.17, 15) is 86.6 Å². The maximum Gasteiger partial charge on any atom is 0.322 e. The average molecular weight is 2100 g/mol. The van der Waals surface area contributed by atoms with Crippen molar-refractivity contribution in [2.45, 2.75) is 279 Å². The maximum absolute atomic E-state index is 14.7. The van der Waals surface area contributed by atoms with Gasteiger partial charge in [0, 0.05) is 86.0 Å². The van der Waals surface area contributed by atoms with E-state index in [0.29, 0.717) is 94.2 Å². The number of amides is 16. The lowest BCUT2D eigenvalue weighted by molar-refractivity contribution is -0.140. The fourth-order valence-electron chi connectivity index (χ4n) is 17.7. The molecule has 3 fully saturated rings. The number of aliphatic carboxylic acids is 1. The molecular weight excluding hydrogens is 1940 g/mol. The summed E-state index contributed by atoms with van der Waals surface area (Å²) in [4.78, 5) is 240. The summed E-state index contributed by atoms with van der Waals surface area (Å²) in [7, 11) is 1.65. The number of likely N-dealkylation sites (tertiary alicyclic amines) is 2. The smallest absolute Gasteiger partial charge is 0.322 e. The van der Waals surface area contributed by atoms with Crippen molar-refractivity contribution in [1.29, 1.82) is 5.41 Å². The van der Waals surface area contributed by atoms with Gasteiger partial charge in [0.1, 0.15) is 66.4 Å². The standard InChI is InChI=1S/C100H156ClN25O20S/c1-61(2)87(98(144)115-55-82(129)113-58-86(133)134)124-96(142)75(26-15-19-45-105)121-95(141)76(27-21-47-112-100(107)108)122-93(139)73(24-13-17-43-103)119-92(138)72(23-12-16-42-102)120-94(140)74(25-14-18-44-104)123-97(143)79-28-22-50-125(79)85(132)57-116-91(137)78(51-62-32-37-66(127)38-33-62)118-83(130)56-114-90(136)70(106)60-147-80-54-84(131)126(99(80)145)59-63-30-34-64(35-31-63)89(135)111-49-48-109-81(128)29-11-9-7-5-4-6-8-10-20-46-110-88-68-40-36-65(101)52-77(68)117-71-41-39-67(146-3)53-69(71)88/h32-33,36-41,52-53,61,63-64,70,72-76,78-80,87,127H,4-31,34-35,42-51,54-60,102-106H2,1-3H3,(H,109,128)(H,110,117)(H,111,135)(H,113,129)(H,114,136)(H,115,144)(H,116,137)(H,118,130)(H,119,138)(H,120,140)(H,121,141)(H,122,139)(H,123,143)(H,124,142)(H,133,134)(H4,107,108,112)/t63?,64?,70-,72-,73-,74-,75-,76-,78-,79-,80?,87-/m0/s1. The highest BCUT2D eigenvalue weighted by Gasteiger charge is 2.43. The van der Waals surface area contributed by atoms with Crippen LogP contribution in [0.2, 0.25) is 5.02 Å². The molecule has 1 aromatic heterocycles. The molecule has 45 nitrogen and oxygen atoms in total. The molecular formula is C100H156ClN25O20S. The number of phenols is 1. The van der Waals surface area contributed by atoms with Crippen LogP contribution in [0.4, 0.5) is 5.69 Å². The summed E-state index contributed by atoms with van der Waals surface area (Å²) in [6, 6.07) is 5.46. The van der Waals surface area contributed by atoms with E-state index in [-0.39, 0.29) is 170 Å². The third kappa shape index (κ3) is 43.2. The number of hydrogen-bond acceptors (Lipinski definition) is 28. The molecule has 0 radical (unpaired) electrons. The fraction of sp³-hybridized carbons (Fsp3) is 0.630. The summed E-state index contributed by atoms with van der Waals surface area (Å²) in [5.74, 6) is -12.7. The average Bonchev–Trinajstić information content (AvgIpc) is 1.02. The Labute approximate surface area is 867 Å². The Morgan fingerprint density at radius 3 is 1.61 bits per heavy atom. The van der Waals surface area contributed by atoms with Crippen LogP contribution in [0.3, 0.4) is 0 Å². The van der Waals surface area contributed by atoms with Gasteiger partial charge >= 0.3 is 5.97 Å². The van der Waals surface area contributed by atoms with Crippen LogP contribution in [0, 0.1) is 23.2 Å². The van der Waals surface area contributed by atoms with Crippen LogP contribution in [0.1, 0.15) is 218 Å². The van der Waals surface area contributed by atoms with Gasteiger partial charge < -0.3 is 134 Å². The predicted molar refractivity (Wildman–Crippen MR) is 558 cm³/mol. The molecule has 147 heavy (non-hydrogen) atoms. The first kappa shape index (κ1) is 122. The van der Waals surface area contributed by atoms with E-state index >= 15 is 0 Å². The van der Waals surface area contributed by atoms with Gasteiger partial charge in [-0.25, -0.2) is 4.98 Å². The number of carbonyl (C=O) groups is 17. The molecule has 814 valence electrons. The van der Waals surface area contributed by atoms with E-state index in [1.54, 1.807) is 21.0 Å². The number of anilines is 1. The number of nitrogens with one attached hydrogen (secondary N) is 16. The Morgan fingerprint density at radius 1 is 0.510 bits per heavy atom. The number of guanidine groups is 1. The second-order valence-electron chi connectivity index (χ2n) is 37.9. The normalized spacial score (nSPS) is 16.6. The first-order valence-corrected chi connectivity index (χ1v) is 52.9. The highest BCUT2D eigenvalue weighted by molar-refractivity contribution is 8.00. The van der Waals surface area contributed by atoms with Gasteiger partial charge in [-0.1, -0.05) is 82.5 Å². The van der Waals surface area contributed by atoms with Gasteiger partial charge in [-0.3, -0.25) is 91.8 Å². The van der Waals surface area contributed by atoms with Gasteiger partial charge in [0.05, 0.1) is 54.8 Å². The molecule has 30 N–H and O–H groups in total. The van der Waals surface area contributed by atoms with Crippen LogP contribution in [-0.2, 0) is 87.9 Å². The molecule has 16 amide bonds. The van der Waals surface area contributed by atoms with E-state index < -0.39 is 174 Å². The number of thioether (sulfide) groups is 1. The third-order valence-electron chi connectivity index (χ3n) is 26.0. The number of aromatic hydroxyl groups is 1. The number of imide groups is 1. The Bertz CT molecular complexity index is 5020. The summed E-state index contributed by atoms with van der Waals surface area (Å²) in [5.41, 5.74) is 38.5. The van der Waals surface area contributed by atoms with Crippen molar-refractivity contribution in [3.63, 3.8) is 0 Å². The molecule has 3 aliphatic rings. The number of unbranched alkanes of at least 4 members (excludes halogenated alkanes) is 12. The number of halogens is 1. The number of carbonyl (C=O) groups excluding carboxylic acids is 16. The van der Waals surface area contributed by atoms with Crippen molar-refractivity contribution in [3.05, 3.63) is 71.2 Å². The van der Waals surface area contributed by atoms with Crippen molar-refractivity contribution in [2.24, 2.45) is 52.2 Å². The summed E-state index contributed by atoms with van der Waals surface area (Å²) in [6.45, 7) is 3.08. The Hall–Kier alpha value is -12.4. The van der Waals surface area contributed by atoms with Crippen molar-refractivity contribution >= 4 is 157 Å². The minimum absolute atomic E-state index is 0.00303.